The number of fused-ring (bicyclic) bond motifs is 1. The van der Waals surface area contributed by atoms with Crippen LogP contribution < -0.4 is 24.2 Å². The van der Waals surface area contributed by atoms with Crippen molar-refractivity contribution in [2.45, 2.75) is 17.9 Å². The van der Waals surface area contributed by atoms with E-state index in [0.29, 0.717) is 36.1 Å². The molecule has 1 atom stereocenters. The largest absolute Gasteiger partial charge is 0.495 e. The molecular weight excluding hydrogens is 408 g/mol. The number of sulfonamides is 1. The topological polar surface area (TPSA) is 103 Å². The third-order valence-corrected chi connectivity index (χ3v) is 5.80. The number of hydrogen-bond donors (Lipinski definition) is 2. The molecule has 0 saturated heterocycles. The molecular formula is C18H19ClN2O6S. The van der Waals surface area contributed by atoms with Crippen LogP contribution in [0.1, 0.15) is 6.92 Å². The Bertz CT molecular complexity index is 996. The zero-order valence-corrected chi connectivity index (χ0v) is 16.8. The summed E-state index contributed by atoms with van der Waals surface area (Å²) in [5.74, 6) is 0.935. The molecule has 2 aromatic carbocycles. The minimum Gasteiger partial charge on any atom is -0.495 e. The molecule has 0 saturated carbocycles. The van der Waals surface area contributed by atoms with Gasteiger partial charge in [-0.05, 0) is 37.3 Å². The lowest BCUT2D eigenvalue weighted by molar-refractivity contribution is -0.117. The lowest BCUT2D eigenvalue weighted by Gasteiger charge is -2.19. The van der Waals surface area contributed by atoms with Gasteiger partial charge in [0.2, 0.25) is 15.9 Å². The molecule has 10 heteroatoms. The number of carbonyl (C=O) groups is 1. The van der Waals surface area contributed by atoms with Crippen LogP contribution in [0.5, 0.6) is 17.2 Å². The smallest absolute Gasteiger partial charge is 0.242 e. The first-order chi connectivity index (χ1) is 13.3. The van der Waals surface area contributed by atoms with Crippen LogP contribution in [0.15, 0.2) is 41.3 Å². The van der Waals surface area contributed by atoms with Gasteiger partial charge in [-0.15, -0.1) is 0 Å². The zero-order chi connectivity index (χ0) is 20.3. The van der Waals surface area contributed by atoms with Crippen molar-refractivity contribution in [1.82, 2.24) is 4.72 Å². The fourth-order valence-electron chi connectivity index (χ4n) is 2.54. The van der Waals surface area contributed by atoms with E-state index in [1.54, 1.807) is 18.2 Å². The second kappa shape index (κ2) is 8.26. The molecule has 2 aromatic rings. The Labute approximate surface area is 167 Å². The van der Waals surface area contributed by atoms with E-state index in [1.165, 1.54) is 32.2 Å². The number of rotatable bonds is 6. The van der Waals surface area contributed by atoms with Gasteiger partial charge in [0, 0.05) is 11.8 Å². The summed E-state index contributed by atoms with van der Waals surface area (Å²) >= 11 is 5.98. The van der Waals surface area contributed by atoms with Gasteiger partial charge in [-0.1, -0.05) is 11.6 Å². The number of halogens is 1. The molecule has 3 rings (SSSR count). The summed E-state index contributed by atoms with van der Waals surface area (Å²) in [5, 5.41) is 2.80. The van der Waals surface area contributed by atoms with Crippen molar-refractivity contribution in [3.8, 4) is 17.2 Å². The average molecular weight is 427 g/mol. The van der Waals surface area contributed by atoms with Crippen LogP contribution in [0.2, 0.25) is 5.02 Å². The second-order valence-electron chi connectivity index (χ2n) is 5.99. The number of carbonyl (C=O) groups excluding carboxylic acids is 1. The zero-order valence-electron chi connectivity index (χ0n) is 15.2. The van der Waals surface area contributed by atoms with Crippen molar-refractivity contribution in [2.24, 2.45) is 0 Å². The first-order valence-electron chi connectivity index (χ1n) is 8.36. The average Bonchev–Trinajstić information content (AvgIpc) is 2.67. The predicted octanol–water partition coefficient (Wildman–Crippen LogP) is 2.43. The lowest BCUT2D eigenvalue weighted by Crippen LogP contribution is -2.41. The SMILES string of the molecule is COc1ccc(S(=O)(=O)N[C@H](C)C(=O)Nc2ccc3c(c2)OCCO3)cc1Cl. The van der Waals surface area contributed by atoms with E-state index in [4.69, 9.17) is 25.8 Å². The molecule has 0 aliphatic carbocycles. The molecule has 2 N–H and O–H groups in total. The molecule has 0 aromatic heterocycles. The van der Waals surface area contributed by atoms with Gasteiger partial charge in [-0.3, -0.25) is 4.79 Å². The van der Waals surface area contributed by atoms with Crippen LogP contribution in [0.4, 0.5) is 5.69 Å². The van der Waals surface area contributed by atoms with Gasteiger partial charge >= 0.3 is 0 Å². The molecule has 0 bridgehead atoms. The maximum absolute atomic E-state index is 12.5. The van der Waals surface area contributed by atoms with E-state index in [2.05, 4.69) is 10.0 Å². The maximum Gasteiger partial charge on any atom is 0.242 e. The Morgan fingerprint density at radius 1 is 1.14 bits per heavy atom. The number of ether oxygens (including phenoxy) is 3. The minimum atomic E-state index is -3.95. The Balaban J connectivity index is 1.68. The van der Waals surface area contributed by atoms with Gasteiger partial charge in [0.1, 0.15) is 19.0 Å². The molecule has 1 aliphatic rings. The first-order valence-corrected chi connectivity index (χ1v) is 10.2. The van der Waals surface area contributed by atoms with Crippen molar-refractivity contribution in [2.75, 3.05) is 25.6 Å². The molecule has 150 valence electrons. The summed E-state index contributed by atoms with van der Waals surface area (Å²) in [6.45, 7) is 2.33. The van der Waals surface area contributed by atoms with Gasteiger partial charge in [-0.25, -0.2) is 8.42 Å². The van der Waals surface area contributed by atoms with Gasteiger partial charge in [-0.2, -0.15) is 4.72 Å². The highest BCUT2D eigenvalue weighted by Crippen LogP contribution is 2.32. The Hall–Kier alpha value is -2.49. The molecule has 0 spiro atoms. The number of hydrogen-bond acceptors (Lipinski definition) is 6. The Morgan fingerprint density at radius 3 is 2.54 bits per heavy atom. The van der Waals surface area contributed by atoms with Crippen molar-refractivity contribution < 1.29 is 27.4 Å². The van der Waals surface area contributed by atoms with Crippen molar-refractivity contribution in [3.05, 3.63) is 41.4 Å². The third kappa shape index (κ3) is 4.49. The lowest BCUT2D eigenvalue weighted by atomic mass is 10.2. The van der Waals surface area contributed by atoms with Gasteiger partial charge in [0.15, 0.2) is 11.5 Å². The molecule has 8 nitrogen and oxygen atoms in total. The molecule has 0 fully saturated rings. The van der Waals surface area contributed by atoms with Crippen molar-refractivity contribution >= 4 is 33.2 Å². The highest BCUT2D eigenvalue weighted by molar-refractivity contribution is 7.89. The first kappa shape index (κ1) is 20.2. The molecule has 1 amide bonds. The van der Waals surface area contributed by atoms with Crippen LogP contribution in [0.25, 0.3) is 0 Å². The second-order valence-corrected chi connectivity index (χ2v) is 8.11. The summed E-state index contributed by atoms with van der Waals surface area (Å²) in [6, 6.07) is 7.97. The molecule has 0 unspecified atom stereocenters. The molecule has 1 aliphatic heterocycles. The van der Waals surface area contributed by atoms with Crippen molar-refractivity contribution in [3.63, 3.8) is 0 Å². The highest BCUT2D eigenvalue weighted by atomic mass is 35.5. The summed E-state index contributed by atoms with van der Waals surface area (Å²) in [5.41, 5.74) is 0.466. The Morgan fingerprint density at radius 2 is 1.86 bits per heavy atom. The highest BCUT2D eigenvalue weighted by Gasteiger charge is 2.23. The fraction of sp³-hybridized carbons (Fsp3) is 0.278. The van der Waals surface area contributed by atoms with E-state index in [9.17, 15) is 13.2 Å². The summed E-state index contributed by atoms with van der Waals surface area (Å²) < 4.78 is 43.3. The number of amides is 1. The molecule has 28 heavy (non-hydrogen) atoms. The normalized spacial score (nSPS) is 14.2. The maximum atomic E-state index is 12.5. The van der Waals surface area contributed by atoms with E-state index in [1.807, 2.05) is 0 Å². The summed E-state index contributed by atoms with van der Waals surface area (Å²) in [6.07, 6.45) is 0. The number of nitrogens with one attached hydrogen (secondary N) is 2. The monoisotopic (exact) mass is 426 g/mol. The number of anilines is 1. The van der Waals surface area contributed by atoms with Crippen molar-refractivity contribution in [1.29, 1.82) is 0 Å². The number of methoxy groups -OCH3 is 1. The van der Waals surface area contributed by atoms with Crippen LogP contribution in [0.3, 0.4) is 0 Å². The molecule has 1 heterocycles. The number of benzene rings is 2. The van der Waals surface area contributed by atoms with Gasteiger partial charge in [0.05, 0.1) is 23.1 Å². The fourth-order valence-corrected chi connectivity index (χ4v) is 4.09. The molecule has 0 radical (unpaired) electrons. The van der Waals surface area contributed by atoms with Crippen LogP contribution >= 0.6 is 11.6 Å². The van der Waals surface area contributed by atoms with E-state index in [0.717, 1.165) is 0 Å². The van der Waals surface area contributed by atoms with Gasteiger partial charge in [0.25, 0.3) is 0 Å². The van der Waals surface area contributed by atoms with E-state index >= 15 is 0 Å². The van der Waals surface area contributed by atoms with E-state index < -0.39 is 22.0 Å². The summed E-state index contributed by atoms with van der Waals surface area (Å²) in [4.78, 5) is 12.3. The van der Waals surface area contributed by atoms with Crippen LogP contribution in [0, 0.1) is 0 Å². The Kier molecular flexibility index (Phi) is 5.97. The third-order valence-electron chi connectivity index (χ3n) is 3.97. The summed E-state index contributed by atoms with van der Waals surface area (Å²) in [7, 11) is -2.53. The minimum absolute atomic E-state index is 0.0720. The predicted molar refractivity (Wildman–Crippen MR) is 104 cm³/mol. The van der Waals surface area contributed by atoms with Crippen LogP contribution in [-0.2, 0) is 14.8 Å². The standard InChI is InChI=1S/C18H19ClN2O6S/c1-11(21-28(23,24)13-4-6-15(25-2)14(19)10-13)18(22)20-12-3-5-16-17(9-12)27-8-7-26-16/h3-6,9-11,21H,7-8H2,1-2H3,(H,20,22)/t11-/m1/s1. The van der Waals surface area contributed by atoms with Gasteiger partial charge < -0.3 is 19.5 Å². The van der Waals surface area contributed by atoms with Crippen LogP contribution in [-0.4, -0.2) is 40.7 Å². The quantitative estimate of drug-likeness (QED) is 0.735. The van der Waals surface area contributed by atoms with E-state index in [-0.39, 0.29) is 9.92 Å².